The topological polar surface area (TPSA) is 59.8 Å². The van der Waals surface area contributed by atoms with Gasteiger partial charge in [0.15, 0.2) is 0 Å². The summed E-state index contributed by atoms with van der Waals surface area (Å²) in [6, 6.07) is 5.43. The minimum atomic E-state index is -0.356. The SMILES string of the molecule is Cn1cnnc1CCNC(=O)c1ccc(F)cc1. The van der Waals surface area contributed by atoms with Gasteiger partial charge in [-0.3, -0.25) is 4.79 Å². The lowest BCUT2D eigenvalue weighted by Gasteiger charge is -2.04. The number of rotatable bonds is 4. The predicted molar refractivity (Wildman–Crippen MR) is 63.4 cm³/mol. The van der Waals surface area contributed by atoms with Gasteiger partial charge in [-0.2, -0.15) is 0 Å². The smallest absolute Gasteiger partial charge is 0.251 e. The zero-order valence-electron chi connectivity index (χ0n) is 9.93. The molecule has 0 aliphatic carbocycles. The molecule has 2 aromatic rings. The lowest BCUT2D eigenvalue weighted by Crippen LogP contribution is -2.26. The molecule has 0 aliphatic heterocycles. The van der Waals surface area contributed by atoms with Crippen molar-refractivity contribution in [1.29, 1.82) is 0 Å². The van der Waals surface area contributed by atoms with Gasteiger partial charge >= 0.3 is 0 Å². The molecule has 5 nitrogen and oxygen atoms in total. The molecule has 0 atom stereocenters. The van der Waals surface area contributed by atoms with Crippen molar-refractivity contribution >= 4 is 5.91 Å². The minimum absolute atomic E-state index is 0.225. The van der Waals surface area contributed by atoms with E-state index in [9.17, 15) is 9.18 Å². The Hall–Kier alpha value is -2.24. The zero-order chi connectivity index (χ0) is 13.0. The average Bonchev–Trinajstić information content (AvgIpc) is 2.76. The summed E-state index contributed by atoms with van der Waals surface area (Å²) in [6.45, 7) is 0.461. The minimum Gasteiger partial charge on any atom is -0.352 e. The number of carbonyl (C=O) groups is 1. The third-order valence-corrected chi connectivity index (χ3v) is 2.55. The maximum Gasteiger partial charge on any atom is 0.251 e. The molecule has 94 valence electrons. The zero-order valence-corrected chi connectivity index (χ0v) is 9.93. The number of benzene rings is 1. The highest BCUT2D eigenvalue weighted by Crippen LogP contribution is 2.02. The Morgan fingerprint density at radius 2 is 2.11 bits per heavy atom. The van der Waals surface area contributed by atoms with Crippen molar-refractivity contribution in [3.05, 3.63) is 47.8 Å². The van der Waals surface area contributed by atoms with Crippen molar-refractivity contribution in [2.24, 2.45) is 7.05 Å². The number of aryl methyl sites for hydroxylation is 1. The van der Waals surface area contributed by atoms with Crippen molar-refractivity contribution in [2.75, 3.05) is 6.54 Å². The molecule has 1 amide bonds. The Kier molecular flexibility index (Phi) is 3.66. The van der Waals surface area contributed by atoms with Crippen LogP contribution in [0.3, 0.4) is 0 Å². The van der Waals surface area contributed by atoms with Crippen LogP contribution in [0.4, 0.5) is 4.39 Å². The van der Waals surface area contributed by atoms with Crippen LogP contribution in [0.2, 0.25) is 0 Å². The third-order valence-electron chi connectivity index (χ3n) is 2.55. The number of carbonyl (C=O) groups excluding carboxylic acids is 1. The molecule has 0 aliphatic rings. The van der Waals surface area contributed by atoms with Crippen molar-refractivity contribution in [1.82, 2.24) is 20.1 Å². The van der Waals surface area contributed by atoms with Gasteiger partial charge in [0, 0.05) is 25.6 Å². The summed E-state index contributed by atoms with van der Waals surface area (Å²) in [7, 11) is 1.84. The van der Waals surface area contributed by atoms with E-state index in [2.05, 4.69) is 15.5 Å². The lowest BCUT2D eigenvalue weighted by molar-refractivity contribution is 0.0954. The molecule has 1 N–H and O–H groups in total. The molecule has 0 unspecified atom stereocenters. The van der Waals surface area contributed by atoms with Crippen LogP contribution in [0.15, 0.2) is 30.6 Å². The van der Waals surface area contributed by atoms with Gasteiger partial charge in [0.05, 0.1) is 0 Å². The van der Waals surface area contributed by atoms with E-state index in [0.717, 1.165) is 5.82 Å². The number of amides is 1. The fourth-order valence-electron chi connectivity index (χ4n) is 1.52. The third kappa shape index (κ3) is 2.91. The molecule has 6 heteroatoms. The Labute approximate surface area is 104 Å². The summed E-state index contributed by atoms with van der Waals surface area (Å²) in [5.41, 5.74) is 0.439. The van der Waals surface area contributed by atoms with E-state index < -0.39 is 0 Å². The van der Waals surface area contributed by atoms with E-state index >= 15 is 0 Å². The molecule has 1 aromatic heterocycles. The average molecular weight is 248 g/mol. The molecule has 1 heterocycles. The summed E-state index contributed by atoms with van der Waals surface area (Å²) in [5, 5.41) is 10.4. The highest BCUT2D eigenvalue weighted by Gasteiger charge is 2.06. The van der Waals surface area contributed by atoms with E-state index in [4.69, 9.17) is 0 Å². The Bertz CT molecular complexity index is 535. The summed E-state index contributed by atoms with van der Waals surface area (Å²) >= 11 is 0. The number of hydrogen-bond donors (Lipinski definition) is 1. The first-order chi connectivity index (χ1) is 8.66. The van der Waals surface area contributed by atoms with Crippen molar-refractivity contribution in [3.8, 4) is 0 Å². The monoisotopic (exact) mass is 248 g/mol. The summed E-state index contributed by atoms with van der Waals surface area (Å²) in [4.78, 5) is 11.7. The second-order valence-corrected chi connectivity index (χ2v) is 3.87. The second kappa shape index (κ2) is 5.39. The van der Waals surface area contributed by atoms with Crippen LogP contribution in [0.25, 0.3) is 0 Å². The summed E-state index contributed by atoms with van der Waals surface area (Å²) < 4.78 is 14.5. The first-order valence-corrected chi connectivity index (χ1v) is 5.53. The maximum atomic E-state index is 12.7. The van der Waals surface area contributed by atoms with Crippen molar-refractivity contribution in [3.63, 3.8) is 0 Å². The Morgan fingerprint density at radius 3 is 2.72 bits per heavy atom. The highest BCUT2D eigenvalue weighted by atomic mass is 19.1. The van der Waals surface area contributed by atoms with Crippen LogP contribution in [0, 0.1) is 5.82 Å². The highest BCUT2D eigenvalue weighted by molar-refractivity contribution is 5.94. The molecule has 0 radical (unpaired) electrons. The number of nitrogens with zero attached hydrogens (tertiary/aromatic N) is 3. The van der Waals surface area contributed by atoms with Gasteiger partial charge in [0.25, 0.3) is 5.91 Å². The lowest BCUT2D eigenvalue weighted by atomic mass is 10.2. The molecule has 0 bridgehead atoms. The second-order valence-electron chi connectivity index (χ2n) is 3.87. The summed E-state index contributed by atoms with van der Waals surface area (Å²) in [5.74, 6) is 0.220. The van der Waals surface area contributed by atoms with Gasteiger partial charge in [-0.1, -0.05) is 0 Å². The van der Waals surface area contributed by atoms with Crippen LogP contribution in [-0.2, 0) is 13.5 Å². The maximum absolute atomic E-state index is 12.7. The fraction of sp³-hybridized carbons (Fsp3) is 0.250. The standard InChI is InChI=1S/C12H13FN4O/c1-17-8-15-16-11(17)6-7-14-12(18)9-2-4-10(13)5-3-9/h2-5,8H,6-7H2,1H3,(H,14,18). The molecule has 0 saturated carbocycles. The molecule has 0 fully saturated rings. The quantitative estimate of drug-likeness (QED) is 0.875. The van der Waals surface area contributed by atoms with Gasteiger partial charge < -0.3 is 9.88 Å². The predicted octanol–water partition coefficient (Wildman–Crippen LogP) is 0.927. The summed E-state index contributed by atoms with van der Waals surface area (Å²) in [6.07, 6.45) is 2.21. The van der Waals surface area contributed by atoms with Gasteiger partial charge in [-0.25, -0.2) is 4.39 Å². The van der Waals surface area contributed by atoms with E-state index in [-0.39, 0.29) is 11.7 Å². The molecule has 18 heavy (non-hydrogen) atoms. The van der Waals surface area contributed by atoms with Gasteiger partial charge in [-0.05, 0) is 24.3 Å². The van der Waals surface area contributed by atoms with Gasteiger partial charge in [0.1, 0.15) is 18.0 Å². The normalized spacial score (nSPS) is 10.3. The van der Waals surface area contributed by atoms with Crippen LogP contribution in [-0.4, -0.2) is 27.2 Å². The van der Waals surface area contributed by atoms with E-state index in [1.54, 1.807) is 10.9 Å². The van der Waals surface area contributed by atoms with Gasteiger partial charge in [0.2, 0.25) is 0 Å². The molecule has 1 aromatic carbocycles. The number of nitrogens with one attached hydrogen (secondary N) is 1. The molecular formula is C12H13FN4O. The Balaban J connectivity index is 1.85. The first-order valence-electron chi connectivity index (χ1n) is 5.53. The van der Waals surface area contributed by atoms with E-state index in [1.165, 1.54) is 24.3 Å². The molecule has 0 saturated heterocycles. The fourth-order valence-corrected chi connectivity index (χ4v) is 1.52. The van der Waals surface area contributed by atoms with Crippen LogP contribution >= 0.6 is 0 Å². The van der Waals surface area contributed by atoms with Crippen LogP contribution < -0.4 is 5.32 Å². The molecule has 0 spiro atoms. The van der Waals surface area contributed by atoms with Crippen LogP contribution in [0.1, 0.15) is 16.2 Å². The van der Waals surface area contributed by atoms with Crippen molar-refractivity contribution in [2.45, 2.75) is 6.42 Å². The van der Waals surface area contributed by atoms with Crippen LogP contribution in [0.5, 0.6) is 0 Å². The first kappa shape index (κ1) is 12.2. The molecule has 2 rings (SSSR count). The Morgan fingerprint density at radius 1 is 1.39 bits per heavy atom. The molecular weight excluding hydrogens is 235 g/mol. The van der Waals surface area contributed by atoms with Crippen molar-refractivity contribution < 1.29 is 9.18 Å². The van der Waals surface area contributed by atoms with E-state index in [1.807, 2.05) is 7.05 Å². The largest absolute Gasteiger partial charge is 0.352 e. The van der Waals surface area contributed by atoms with E-state index in [0.29, 0.717) is 18.5 Å². The number of halogens is 1. The number of hydrogen-bond acceptors (Lipinski definition) is 3. The van der Waals surface area contributed by atoms with Gasteiger partial charge in [-0.15, -0.1) is 10.2 Å². The number of aromatic nitrogens is 3.